The second-order valence-corrected chi connectivity index (χ2v) is 4.56. The third kappa shape index (κ3) is 3.56. The number of sulfonamides is 1. The molecule has 0 spiro atoms. The average Bonchev–Trinajstić information content (AvgIpc) is 2.73. The molecule has 0 radical (unpaired) electrons. The summed E-state index contributed by atoms with van der Waals surface area (Å²) in [5.74, 6) is 0. The molecule has 1 N–H and O–H groups in total. The minimum absolute atomic E-state index is 0.0632. The van der Waals surface area contributed by atoms with Crippen molar-refractivity contribution in [3.8, 4) is 0 Å². The summed E-state index contributed by atoms with van der Waals surface area (Å²) in [7, 11) is -2.19. The molecular formula is C8H15N3O4S. The molecule has 1 rings (SSSR count). The van der Waals surface area contributed by atoms with Crippen molar-refractivity contribution in [3.05, 3.63) is 12.5 Å². The summed E-state index contributed by atoms with van der Waals surface area (Å²) in [5.41, 5.74) is 0. The first-order chi connectivity index (χ1) is 7.60. The van der Waals surface area contributed by atoms with Crippen molar-refractivity contribution in [1.29, 1.82) is 0 Å². The van der Waals surface area contributed by atoms with E-state index < -0.39 is 10.0 Å². The van der Waals surface area contributed by atoms with Crippen molar-refractivity contribution < 1.29 is 18.0 Å². The molecule has 0 aliphatic heterocycles. The quantitative estimate of drug-likeness (QED) is 0.532. The number of ether oxygens (including phenoxy) is 1. The molecule has 0 saturated carbocycles. The Morgan fingerprint density at radius 2 is 2.25 bits per heavy atom. The van der Waals surface area contributed by atoms with E-state index in [9.17, 15) is 8.42 Å². The van der Waals surface area contributed by atoms with Gasteiger partial charge in [-0.15, -0.1) is 0 Å². The monoisotopic (exact) mass is 249 g/mol. The Kier molecular flexibility index (Phi) is 4.87. The summed E-state index contributed by atoms with van der Waals surface area (Å²) in [4.78, 5) is 10.4. The predicted molar refractivity (Wildman–Crippen MR) is 56.1 cm³/mol. The first-order valence-corrected chi connectivity index (χ1v) is 6.22. The lowest BCUT2D eigenvalue weighted by molar-refractivity contribution is 0.0437. The third-order valence-electron chi connectivity index (χ3n) is 1.81. The number of imidazole rings is 1. The van der Waals surface area contributed by atoms with Crippen LogP contribution in [0.4, 0.5) is 0 Å². The standard InChI is InChI=1S/C8H15N3O4S/c1-3-11-6-8(9-7-11)16(12,13)10-15-5-4-14-2/h6-7,10H,3-5H2,1-2H3. The fourth-order valence-corrected chi connectivity index (χ4v) is 1.72. The molecule has 1 aromatic heterocycles. The van der Waals surface area contributed by atoms with E-state index in [0.717, 1.165) is 0 Å². The van der Waals surface area contributed by atoms with E-state index in [0.29, 0.717) is 13.2 Å². The predicted octanol–water partition coefficient (Wildman–Crippen LogP) is -0.241. The Balaban J connectivity index is 2.56. The van der Waals surface area contributed by atoms with E-state index in [1.54, 1.807) is 4.57 Å². The largest absolute Gasteiger partial charge is 0.382 e. The topological polar surface area (TPSA) is 82.5 Å². The van der Waals surface area contributed by atoms with Crippen LogP contribution in [-0.4, -0.2) is 38.3 Å². The number of rotatable bonds is 7. The second kappa shape index (κ2) is 5.94. The van der Waals surface area contributed by atoms with Crippen LogP contribution in [0.15, 0.2) is 17.6 Å². The van der Waals surface area contributed by atoms with Crippen molar-refractivity contribution in [1.82, 2.24) is 14.4 Å². The lowest BCUT2D eigenvalue weighted by Gasteiger charge is -2.03. The molecule has 0 amide bonds. The van der Waals surface area contributed by atoms with Crippen LogP contribution < -0.4 is 4.89 Å². The molecule has 0 aliphatic carbocycles. The maximum atomic E-state index is 11.6. The van der Waals surface area contributed by atoms with Gasteiger partial charge in [0.25, 0.3) is 10.0 Å². The molecule has 0 atom stereocenters. The van der Waals surface area contributed by atoms with E-state index in [1.165, 1.54) is 19.6 Å². The number of aryl methyl sites for hydroxylation is 1. The molecule has 8 heteroatoms. The van der Waals surface area contributed by atoms with Crippen LogP contribution in [-0.2, 0) is 26.1 Å². The summed E-state index contributed by atoms with van der Waals surface area (Å²) < 4.78 is 29.5. The maximum absolute atomic E-state index is 11.6. The van der Waals surface area contributed by atoms with Crippen LogP contribution in [0.5, 0.6) is 0 Å². The zero-order chi connectivity index (χ0) is 12.0. The molecule has 0 unspecified atom stereocenters. The van der Waals surface area contributed by atoms with Gasteiger partial charge in [0.05, 0.1) is 19.5 Å². The van der Waals surface area contributed by atoms with Crippen LogP contribution in [0, 0.1) is 0 Å². The maximum Gasteiger partial charge on any atom is 0.281 e. The Morgan fingerprint density at radius 3 is 2.81 bits per heavy atom. The van der Waals surface area contributed by atoms with Gasteiger partial charge in [0.1, 0.15) is 0 Å². The normalized spacial score (nSPS) is 11.9. The molecule has 0 bridgehead atoms. The van der Waals surface area contributed by atoms with Crippen molar-refractivity contribution in [3.63, 3.8) is 0 Å². The van der Waals surface area contributed by atoms with Gasteiger partial charge in [0.15, 0.2) is 5.03 Å². The highest BCUT2D eigenvalue weighted by molar-refractivity contribution is 7.89. The van der Waals surface area contributed by atoms with Crippen LogP contribution in [0.2, 0.25) is 0 Å². The molecule has 0 saturated heterocycles. The summed E-state index contributed by atoms with van der Waals surface area (Å²) in [6.07, 6.45) is 2.88. The minimum Gasteiger partial charge on any atom is -0.382 e. The second-order valence-electron chi connectivity index (χ2n) is 2.97. The van der Waals surface area contributed by atoms with Gasteiger partial charge in [0.2, 0.25) is 0 Å². The SMILES string of the molecule is CCn1cnc(S(=O)(=O)NOCCOC)c1. The van der Waals surface area contributed by atoms with Crippen molar-refractivity contribution in [2.24, 2.45) is 0 Å². The number of methoxy groups -OCH3 is 1. The van der Waals surface area contributed by atoms with Crippen LogP contribution in [0.3, 0.4) is 0 Å². The summed E-state index contributed by atoms with van der Waals surface area (Å²) in [6, 6.07) is 0. The van der Waals surface area contributed by atoms with Crippen molar-refractivity contribution >= 4 is 10.0 Å². The highest BCUT2D eigenvalue weighted by atomic mass is 32.2. The molecule has 0 fully saturated rings. The fourth-order valence-electron chi connectivity index (χ4n) is 0.938. The number of hydrogen-bond acceptors (Lipinski definition) is 5. The summed E-state index contributed by atoms with van der Waals surface area (Å²) in [6.45, 7) is 3.00. The Labute approximate surface area is 94.4 Å². The minimum atomic E-state index is -3.69. The molecule has 1 heterocycles. The van der Waals surface area contributed by atoms with Gasteiger partial charge in [-0.2, -0.15) is 0 Å². The van der Waals surface area contributed by atoms with Crippen LogP contribution in [0.25, 0.3) is 0 Å². The van der Waals surface area contributed by atoms with Gasteiger partial charge in [-0.3, -0.25) is 4.84 Å². The fraction of sp³-hybridized carbons (Fsp3) is 0.625. The van der Waals surface area contributed by atoms with Gasteiger partial charge in [-0.05, 0) is 6.92 Å². The van der Waals surface area contributed by atoms with E-state index >= 15 is 0 Å². The first-order valence-electron chi connectivity index (χ1n) is 4.74. The van der Waals surface area contributed by atoms with Crippen LogP contribution in [0.1, 0.15) is 6.92 Å². The zero-order valence-corrected chi connectivity index (χ0v) is 10.0. The van der Waals surface area contributed by atoms with Gasteiger partial charge < -0.3 is 9.30 Å². The van der Waals surface area contributed by atoms with Gasteiger partial charge >= 0.3 is 0 Å². The lowest BCUT2D eigenvalue weighted by atomic mass is 10.7. The molecular weight excluding hydrogens is 234 g/mol. The van der Waals surface area contributed by atoms with Crippen LogP contribution >= 0.6 is 0 Å². The van der Waals surface area contributed by atoms with E-state index in [2.05, 4.69) is 4.98 Å². The van der Waals surface area contributed by atoms with E-state index in [-0.39, 0.29) is 11.6 Å². The molecule has 0 aromatic carbocycles. The highest BCUT2D eigenvalue weighted by Gasteiger charge is 2.17. The molecule has 1 aromatic rings. The smallest absolute Gasteiger partial charge is 0.281 e. The van der Waals surface area contributed by atoms with E-state index in [1.807, 2.05) is 11.8 Å². The van der Waals surface area contributed by atoms with Crippen molar-refractivity contribution in [2.75, 3.05) is 20.3 Å². The number of nitrogens with zero attached hydrogens (tertiary/aromatic N) is 2. The van der Waals surface area contributed by atoms with Gasteiger partial charge in [0, 0.05) is 19.9 Å². The highest BCUT2D eigenvalue weighted by Crippen LogP contribution is 2.04. The molecule has 7 nitrogen and oxygen atoms in total. The summed E-state index contributed by atoms with van der Waals surface area (Å²) in [5, 5.41) is -0.0632. The molecule has 92 valence electrons. The number of aromatic nitrogens is 2. The first kappa shape index (κ1) is 13.1. The lowest BCUT2D eigenvalue weighted by Crippen LogP contribution is -2.26. The summed E-state index contributed by atoms with van der Waals surface area (Å²) >= 11 is 0. The molecule has 0 aliphatic rings. The van der Waals surface area contributed by atoms with E-state index in [4.69, 9.17) is 9.57 Å². The number of nitrogens with one attached hydrogen (secondary N) is 1. The Hall–Kier alpha value is -0.960. The Bertz CT molecular complexity index is 415. The number of hydrogen-bond donors (Lipinski definition) is 1. The zero-order valence-electron chi connectivity index (χ0n) is 9.21. The Morgan fingerprint density at radius 1 is 1.50 bits per heavy atom. The molecule has 16 heavy (non-hydrogen) atoms. The third-order valence-corrected chi connectivity index (χ3v) is 2.91. The average molecular weight is 249 g/mol. The van der Waals surface area contributed by atoms with Gasteiger partial charge in [-0.25, -0.2) is 13.4 Å². The van der Waals surface area contributed by atoms with Crippen molar-refractivity contribution in [2.45, 2.75) is 18.5 Å². The van der Waals surface area contributed by atoms with Gasteiger partial charge in [-0.1, -0.05) is 4.89 Å².